The second kappa shape index (κ2) is 3.04. The molecule has 0 radical (unpaired) electrons. The van der Waals surface area contributed by atoms with Gasteiger partial charge in [-0.3, -0.25) is 4.79 Å². The molecule has 0 heterocycles. The van der Waals surface area contributed by atoms with Crippen molar-refractivity contribution >= 4 is 5.78 Å². The lowest BCUT2D eigenvalue weighted by atomic mass is 9.84. The number of rotatable bonds is 1. The highest BCUT2D eigenvalue weighted by molar-refractivity contribution is 5.91. The molecule has 1 rings (SSSR count). The maximum Gasteiger partial charge on any atom is 0.155 e. The second-order valence-electron chi connectivity index (χ2n) is 3.29. The predicted molar refractivity (Wildman–Crippen MR) is 46.3 cm³/mol. The van der Waals surface area contributed by atoms with Gasteiger partial charge in [0.05, 0.1) is 0 Å². The molecule has 1 atom stereocenters. The van der Waals surface area contributed by atoms with Gasteiger partial charge >= 0.3 is 0 Å². The molecule has 1 nitrogen and oxygen atoms in total. The van der Waals surface area contributed by atoms with Crippen molar-refractivity contribution in [1.82, 2.24) is 0 Å². The van der Waals surface area contributed by atoms with Gasteiger partial charge in [0, 0.05) is 12.3 Å². The van der Waals surface area contributed by atoms with Crippen LogP contribution < -0.4 is 0 Å². The molecule has 0 aromatic carbocycles. The topological polar surface area (TPSA) is 17.1 Å². The third-order valence-corrected chi connectivity index (χ3v) is 2.21. The lowest BCUT2D eigenvalue weighted by Gasteiger charge is -2.20. The van der Waals surface area contributed by atoms with Gasteiger partial charge in [-0.15, -0.1) is 0 Å². The molecular formula is C10H14O. The largest absolute Gasteiger partial charge is 0.295 e. The van der Waals surface area contributed by atoms with E-state index in [9.17, 15) is 4.79 Å². The van der Waals surface area contributed by atoms with E-state index >= 15 is 0 Å². The highest BCUT2D eigenvalue weighted by Gasteiger charge is 2.18. The lowest BCUT2D eigenvalue weighted by molar-refractivity contribution is -0.115. The lowest BCUT2D eigenvalue weighted by Crippen LogP contribution is -2.12. The van der Waals surface area contributed by atoms with Crippen LogP contribution in [0.2, 0.25) is 0 Å². The van der Waals surface area contributed by atoms with E-state index in [1.807, 2.05) is 13.8 Å². The summed E-state index contributed by atoms with van der Waals surface area (Å²) in [6, 6.07) is 0. The zero-order valence-electron chi connectivity index (χ0n) is 7.18. The van der Waals surface area contributed by atoms with Gasteiger partial charge in [-0.1, -0.05) is 17.7 Å². The van der Waals surface area contributed by atoms with E-state index in [4.69, 9.17) is 0 Å². The number of hydrogen-bond acceptors (Lipinski definition) is 1. The average molecular weight is 150 g/mol. The monoisotopic (exact) mass is 150 g/mol. The van der Waals surface area contributed by atoms with Crippen molar-refractivity contribution in [3.05, 3.63) is 23.8 Å². The van der Waals surface area contributed by atoms with Crippen LogP contribution >= 0.6 is 0 Å². The fraction of sp³-hybridized carbons (Fsp3) is 0.500. The molecule has 11 heavy (non-hydrogen) atoms. The Labute approximate surface area is 67.8 Å². The first-order chi connectivity index (χ1) is 5.11. The molecule has 0 saturated heterocycles. The molecule has 1 aliphatic rings. The fourth-order valence-electron chi connectivity index (χ4n) is 1.58. The Bertz CT molecular complexity index is 223. The van der Waals surface area contributed by atoms with Crippen LogP contribution in [-0.4, -0.2) is 5.78 Å². The highest BCUT2D eigenvalue weighted by atomic mass is 16.1. The van der Waals surface area contributed by atoms with E-state index < -0.39 is 0 Å². The molecular weight excluding hydrogens is 136 g/mol. The first kappa shape index (κ1) is 8.25. The van der Waals surface area contributed by atoms with Crippen LogP contribution in [-0.2, 0) is 4.79 Å². The molecule has 0 fully saturated rings. The van der Waals surface area contributed by atoms with Crippen molar-refractivity contribution < 1.29 is 4.79 Å². The fourth-order valence-corrected chi connectivity index (χ4v) is 1.58. The Morgan fingerprint density at radius 3 is 2.82 bits per heavy atom. The molecule has 0 bridgehead atoms. The van der Waals surface area contributed by atoms with Gasteiger partial charge in [0.1, 0.15) is 0 Å². The van der Waals surface area contributed by atoms with Gasteiger partial charge in [0.15, 0.2) is 5.78 Å². The molecule has 60 valence electrons. The summed E-state index contributed by atoms with van der Waals surface area (Å²) in [6.07, 6.45) is 3.40. The Morgan fingerprint density at radius 1 is 1.73 bits per heavy atom. The van der Waals surface area contributed by atoms with Crippen LogP contribution in [0.3, 0.4) is 0 Å². The van der Waals surface area contributed by atoms with E-state index in [2.05, 4.69) is 6.58 Å². The van der Waals surface area contributed by atoms with Crippen molar-refractivity contribution in [2.45, 2.75) is 26.7 Å². The molecule has 0 aliphatic heterocycles. The minimum Gasteiger partial charge on any atom is -0.295 e. The van der Waals surface area contributed by atoms with Gasteiger partial charge in [-0.2, -0.15) is 0 Å². The van der Waals surface area contributed by atoms with Crippen molar-refractivity contribution in [3.8, 4) is 0 Å². The summed E-state index contributed by atoms with van der Waals surface area (Å²) in [7, 11) is 0. The SMILES string of the molecule is C=C(C)[C@@H]1CCC(=O)C=C1C. The quantitative estimate of drug-likeness (QED) is 0.525. The Balaban J connectivity index is 2.80. The van der Waals surface area contributed by atoms with E-state index in [0.717, 1.165) is 6.42 Å². The predicted octanol–water partition coefficient (Wildman–Crippen LogP) is 2.49. The summed E-state index contributed by atoms with van der Waals surface area (Å²) >= 11 is 0. The van der Waals surface area contributed by atoms with Gasteiger partial charge in [0.2, 0.25) is 0 Å². The van der Waals surface area contributed by atoms with Crippen LogP contribution in [0, 0.1) is 5.92 Å². The number of allylic oxidation sites excluding steroid dienone is 3. The van der Waals surface area contributed by atoms with E-state index in [1.54, 1.807) is 6.08 Å². The van der Waals surface area contributed by atoms with Crippen molar-refractivity contribution in [2.24, 2.45) is 5.92 Å². The maximum absolute atomic E-state index is 10.9. The van der Waals surface area contributed by atoms with Crippen LogP contribution in [0.5, 0.6) is 0 Å². The average Bonchev–Trinajstić information content (AvgIpc) is 1.85. The summed E-state index contributed by atoms with van der Waals surface area (Å²) in [5.41, 5.74) is 2.35. The molecule has 0 aromatic heterocycles. The van der Waals surface area contributed by atoms with E-state index in [-0.39, 0.29) is 5.78 Å². The normalized spacial score (nSPS) is 24.7. The number of ketones is 1. The minimum atomic E-state index is 0.264. The summed E-state index contributed by atoms with van der Waals surface area (Å²) < 4.78 is 0. The zero-order valence-corrected chi connectivity index (χ0v) is 7.18. The number of carbonyl (C=O) groups is 1. The number of carbonyl (C=O) groups excluding carboxylic acids is 1. The summed E-state index contributed by atoms with van der Waals surface area (Å²) in [5.74, 6) is 0.715. The summed E-state index contributed by atoms with van der Waals surface area (Å²) in [6.45, 7) is 7.94. The molecule has 0 N–H and O–H groups in total. The van der Waals surface area contributed by atoms with E-state index in [1.165, 1.54) is 11.1 Å². The van der Waals surface area contributed by atoms with Crippen molar-refractivity contribution in [2.75, 3.05) is 0 Å². The third kappa shape index (κ3) is 1.79. The molecule has 0 spiro atoms. The van der Waals surface area contributed by atoms with Crippen LogP contribution in [0.15, 0.2) is 23.8 Å². The molecule has 0 aromatic rings. The van der Waals surface area contributed by atoms with Crippen molar-refractivity contribution in [1.29, 1.82) is 0 Å². The summed E-state index contributed by atoms with van der Waals surface area (Å²) in [4.78, 5) is 10.9. The summed E-state index contributed by atoms with van der Waals surface area (Å²) in [5, 5.41) is 0. The third-order valence-electron chi connectivity index (χ3n) is 2.21. The smallest absolute Gasteiger partial charge is 0.155 e. The van der Waals surface area contributed by atoms with Crippen molar-refractivity contribution in [3.63, 3.8) is 0 Å². The van der Waals surface area contributed by atoms with Gasteiger partial charge in [0.25, 0.3) is 0 Å². The molecule has 1 aliphatic carbocycles. The van der Waals surface area contributed by atoms with Gasteiger partial charge < -0.3 is 0 Å². The van der Waals surface area contributed by atoms with E-state index in [0.29, 0.717) is 12.3 Å². The highest BCUT2D eigenvalue weighted by Crippen LogP contribution is 2.27. The van der Waals surface area contributed by atoms with Crippen LogP contribution in [0.25, 0.3) is 0 Å². The Hall–Kier alpha value is -0.850. The minimum absolute atomic E-state index is 0.264. The second-order valence-corrected chi connectivity index (χ2v) is 3.29. The Kier molecular flexibility index (Phi) is 2.28. The molecule has 0 saturated carbocycles. The standard InChI is InChI=1S/C10H14O/c1-7(2)10-5-4-9(11)6-8(10)3/h6,10H,1,4-5H2,2-3H3/t10-/m0/s1. The zero-order chi connectivity index (χ0) is 8.43. The van der Waals surface area contributed by atoms with Gasteiger partial charge in [-0.25, -0.2) is 0 Å². The van der Waals surface area contributed by atoms with Crippen LogP contribution in [0.1, 0.15) is 26.7 Å². The van der Waals surface area contributed by atoms with Gasteiger partial charge in [-0.05, 0) is 26.3 Å². The first-order valence-corrected chi connectivity index (χ1v) is 3.97. The number of hydrogen-bond donors (Lipinski definition) is 0. The molecule has 0 unspecified atom stereocenters. The Morgan fingerprint density at radius 2 is 2.36 bits per heavy atom. The molecule has 0 amide bonds. The first-order valence-electron chi connectivity index (χ1n) is 3.97. The maximum atomic E-state index is 10.9. The van der Waals surface area contributed by atoms with Crippen LogP contribution in [0.4, 0.5) is 0 Å². The molecule has 1 heteroatoms.